The van der Waals surface area contributed by atoms with E-state index in [-0.39, 0.29) is 5.41 Å². The molecule has 20 heavy (non-hydrogen) atoms. The Morgan fingerprint density at radius 2 is 1.80 bits per heavy atom. The standard InChI is InChI=1S/C18H18O2/c1-18(2,3)12-6-9-17(19)20-16-11-10-14-7-4-5-8-15(14)13-16/h4-5,7-13H,1-3H3. The van der Waals surface area contributed by atoms with E-state index in [2.05, 4.69) is 5.73 Å². The van der Waals surface area contributed by atoms with E-state index in [9.17, 15) is 4.79 Å². The highest BCUT2D eigenvalue weighted by Crippen LogP contribution is 2.20. The van der Waals surface area contributed by atoms with Gasteiger partial charge in [-0.1, -0.05) is 51.1 Å². The van der Waals surface area contributed by atoms with Crippen molar-refractivity contribution < 1.29 is 9.53 Å². The summed E-state index contributed by atoms with van der Waals surface area (Å²) in [7, 11) is 0. The predicted octanol–water partition coefficient (Wildman–Crippen LogP) is 4.50. The van der Waals surface area contributed by atoms with Crippen LogP contribution in [0.1, 0.15) is 20.8 Å². The van der Waals surface area contributed by atoms with E-state index in [1.807, 2.05) is 63.2 Å². The molecule has 0 radical (unpaired) electrons. The van der Waals surface area contributed by atoms with Crippen molar-refractivity contribution >= 4 is 16.7 Å². The van der Waals surface area contributed by atoms with Gasteiger partial charge in [-0.3, -0.25) is 0 Å². The minimum absolute atomic E-state index is 0.000269. The summed E-state index contributed by atoms with van der Waals surface area (Å²) in [5.74, 6) is 0.128. The maximum atomic E-state index is 11.7. The first kappa shape index (κ1) is 14.1. The van der Waals surface area contributed by atoms with Gasteiger partial charge in [0.1, 0.15) is 5.75 Å². The Kier molecular flexibility index (Phi) is 4.07. The first-order valence-electron chi connectivity index (χ1n) is 6.58. The zero-order chi connectivity index (χ0) is 14.6. The fourth-order valence-corrected chi connectivity index (χ4v) is 1.74. The van der Waals surface area contributed by atoms with Crippen molar-refractivity contribution in [1.82, 2.24) is 0 Å². The normalized spacial score (nSPS) is 10.8. The van der Waals surface area contributed by atoms with Crippen LogP contribution in [0.2, 0.25) is 0 Å². The monoisotopic (exact) mass is 266 g/mol. The van der Waals surface area contributed by atoms with Crippen molar-refractivity contribution in [3.8, 4) is 5.75 Å². The van der Waals surface area contributed by atoms with Crippen molar-refractivity contribution in [3.63, 3.8) is 0 Å². The lowest BCUT2D eigenvalue weighted by Gasteiger charge is -2.08. The SMILES string of the molecule is CC(C)(C)C=C=CC(=O)Oc1ccc2ccccc2c1. The summed E-state index contributed by atoms with van der Waals surface area (Å²) in [5.41, 5.74) is 2.86. The van der Waals surface area contributed by atoms with Crippen molar-refractivity contribution in [1.29, 1.82) is 0 Å². The quantitative estimate of drug-likeness (QED) is 0.346. The number of carbonyl (C=O) groups excluding carboxylic acids is 1. The molecule has 0 aliphatic heterocycles. The van der Waals surface area contributed by atoms with E-state index in [1.165, 1.54) is 6.08 Å². The van der Waals surface area contributed by atoms with Crippen LogP contribution in [-0.2, 0) is 4.79 Å². The average molecular weight is 266 g/mol. The Balaban J connectivity index is 2.12. The van der Waals surface area contributed by atoms with Crippen LogP contribution < -0.4 is 4.74 Å². The molecule has 0 aliphatic rings. The van der Waals surface area contributed by atoms with Gasteiger partial charge in [0.05, 0.1) is 6.08 Å². The molecule has 2 heteroatoms. The molecule has 102 valence electrons. The molecular weight excluding hydrogens is 248 g/mol. The van der Waals surface area contributed by atoms with E-state index in [0.29, 0.717) is 5.75 Å². The smallest absolute Gasteiger partial charge is 0.343 e. The lowest BCUT2D eigenvalue weighted by molar-refractivity contribution is -0.128. The highest BCUT2D eigenvalue weighted by molar-refractivity contribution is 5.87. The number of carbonyl (C=O) groups is 1. The fraction of sp³-hybridized carbons (Fsp3) is 0.222. The largest absolute Gasteiger partial charge is 0.423 e. The summed E-state index contributed by atoms with van der Waals surface area (Å²) >= 11 is 0. The molecule has 0 fully saturated rings. The number of fused-ring (bicyclic) bond motifs is 1. The van der Waals surface area contributed by atoms with Crippen LogP contribution in [0.25, 0.3) is 10.8 Å². The van der Waals surface area contributed by atoms with Crippen LogP contribution in [0.4, 0.5) is 0 Å². The zero-order valence-electron chi connectivity index (χ0n) is 12.0. The molecule has 0 bridgehead atoms. The Morgan fingerprint density at radius 3 is 2.50 bits per heavy atom. The van der Waals surface area contributed by atoms with E-state index in [4.69, 9.17) is 4.74 Å². The van der Waals surface area contributed by atoms with E-state index >= 15 is 0 Å². The van der Waals surface area contributed by atoms with Gasteiger partial charge < -0.3 is 4.74 Å². The summed E-state index contributed by atoms with van der Waals surface area (Å²) < 4.78 is 5.26. The van der Waals surface area contributed by atoms with Gasteiger partial charge in [0.2, 0.25) is 0 Å². The lowest BCUT2D eigenvalue weighted by Crippen LogP contribution is -2.03. The minimum Gasteiger partial charge on any atom is -0.423 e. The first-order chi connectivity index (χ1) is 9.44. The maximum absolute atomic E-state index is 11.7. The van der Waals surface area contributed by atoms with Gasteiger partial charge in [0, 0.05) is 0 Å². The van der Waals surface area contributed by atoms with Crippen molar-refractivity contribution in [2.45, 2.75) is 20.8 Å². The average Bonchev–Trinajstić information content (AvgIpc) is 2.37. The number of rotatable bonds is 2. The summed E-state index contributed by atoms with van der Waals surface area (Å²) in [5, 5.41) is 2.17. The molecule has 0 N–H and O–H groups in total. The van der Waals surface area contributed by atoms with Crippen LogP contribution in [0, 0.1) is 5.41 Å². The molecule has 0 atom stereocenters. The Labute approximate surface area is 119 Å². The van der Waals surface area contributed by atoms with Crippen LogP contribution >= 0.6 is 0 Å². The molecule has 2 aromatic carbocycles. The van der Waals surface area contributed by atoms with Gasteiger partial charge in [-0.25, -0.2) is 4.79 Å². The number of hydrogen-bond donors (Lipinski definition) is 0. The molecule has 2 aromatic rings. The van der Waals surface area contributed by atoms with Crippen molar-refractivity contribution in [2.75, 3.05) is 0 Å². The summed E-state index contributed by atoms with van der Waals surface area (Å²) in [6.07, 6.45) is 3.16. The van der Waals surface area contributed by atoms with Gasteiger partial charge in [-0.2, -0.15) is 0 Å². The maximum Gasteiger partial charge on any atom is 0.343 e. The van der Waals surface area contributed by atoms with Crippen molar-refractivity contribution in [2.24, 2.45) is 5.41 Å². The third-order valence-corrected chi connectivity index (χ3v) is 2.66. The van der Waals surface area contributed by atoms with Crippen LogP contribution in [0.3, 0.4) is 0 Å². The molecule has 0 saturated carbocycles. The summed E-state index contributed by atoms with van der Waals surface area (Å²) in [6, 6.07) is 13.5. The van der Waals surface area contributed by atoms with E-state index in [1.54, 1.807) is 6.07 Å². The molecule has 0 spiro atoms. The number of esters is 1. The van der Waals surface area contributed by atoms with Gasteiger partial charge in [-0.15, -0.1) is 5.73 Å². The number of benzene rings is 2. The molecule has 2 nitrogen and oxygen atoms in total. The van der Waals surface area contributed by atoms with E-state index in [0.717, 1.165) is 10.8 Å². The third-order valence-electron chi connectivity index (χ3n) is 2.66. The second-order valence-corrected chi connectivity index (χ2v) is 5.75. The molecule has 0 aliphatic carbocycles. The van der Waals surface area contributed by atoms with E-state index < -0.39 is 5.97 Å². The molecule has 0 heterocycles. The molecule has 0 aromatic heterocycles. The lowest BCUT2D eigenvalue weighted by atomic mass is 9.97. The second-order valence-electron chi connectivity index (χ2n) is 5.75. The van der Waals surface area contributed by atoms with Gasteiger partial charge in [0.15, 0.2) is 0 Å². The molecule has 2 rings (SSSR count). The Hall–Kier alpha value is -2.31. The van der Waals surface area contributed by atoms with Crippen LogP contribution in [-0.4, -0.2) is 5.97 Å². The molecular formula is C18H18O2. The second kappa shape index (κ2) is 5.77. The van der Waals surface area contributed by atoms with Crippen LogP contribution in [0.5, 0.6) is 5.75 Å². The summed E-state index contributed by atoms with van der Waals surface area (Å²) in [4.78, 5) is 11.7. The first-order valence-corrected chi connectivity index (χ1v) is 6.58. The number of ether oxygens (including phenoxy) is 1. The third kappa shape index (κ3) is 4.11. The van der Waals surface area contributed by atoms with Gasteiger partial charge >= 0.3 is 5.97 Å². The molecule has 0 saturated heterocycles. The molecule has 0 amide bonds. The van der Waals surface area contributed by atoms with Gasteiger partial charge in [0.25, 0.3) is 0 Å². The Bertz CT molecular complexity index is 684. The number of hydrogen-bond acceptors (Lipinski definition) is 2. The minimum atomic E-state index is -0.416. The predicted molar refractivity (Wildman–Crippen MR) is 81.7 cm³/mol. The zero-order valence-corrected chi connectivity index (χ0v) is 12.0. The van der Waals surface area contributed by atoms with Gasteiger partial charge in [-0.05, 0) is 34.4 Å². The highest BCUT2D eigenvalue weighted by atomic mass is 16.5. The van der Waals surface area contributed by atoms with Crippen LogP contribution in [0.15, 0.2) is 60.3 Å². The topological polar surface area (TPSA) is 26.3 Å². The summed E-state index contributed by atoms with van der Waals surface area (Å²) in [6.45, 7) is 6.13. The molecule has 0 unspecified atom stereocenters. The highest BCUT2D eigenvalue weighted by Gasteiger charge is 2.04. The van der Waals surface area contributed by atoms with Crippen molar-refractivity contribution in [3.05, 3.63) is 60.3 Å². The Morgan fingerprint density at radius 1 is 1.10 bits per heavy atom. The fourth-order valence-electron chi connectivity index (χ4n) is 1.74.